The fourth-order valence-electron chi connectivity index (χ4n) is 2.04. The van der Waals surface area contributed by atoms with Crippen molar-refractivity contribution < 1.29 is 14.5 Å². The first-order valence-corrected chi connectivity index (χ1v) is 7.06. The van der Waals surface area contributed by atoms with Crippen LogP contribution in [0.15, 0.2) is 54.1 Å². The van der Waals surface area contributed by atoms with Gasteiger partial charge in [-0.05, 0) is 23.8 Å². The van der Waals surface area contributed by atoms with Crippen molar-refractivity contribution in [1.82, 2.24) is 0 Å². The van der Waals surface area contributed by atoms with Gasteiger partial charge < -0.3 is 4.74 Å². The van der Waals surface area contributed by atoms with Gasteiger partial charge >= 0.3 is 0 Å². The van der Waals surface area contributed by atoms with Crippen molar-refractivity contribution in [3.63, 3.8) is 0 Å². The number of carbonyl (C=O) groups is 1. The molecule has 2 rings (SSSR count). The van der Waals surface area contributed by atoms with Crippen LogP contribution in [0.4, 0.5) is 5.69 Å². The molecule has 0 aliphatic rings. The van der Waals surface area contributed by atoms with Crippen molar-refractivity contribution in [1.29, 1.82) is 10.5 Å². The van der Waals surface area contributed by atoms with E-state index in [1.807, 2.05) is 12.1 Å². The Morgan fingerprint density at radius 1 is 1.20 bits per heavy atom. The minimum Gasteiger partial charge on any atom is -0.479 e. The molecule has 0 bridgehead atoms. The SMILES string of the molecule is N#CCOc1cccc(/C=C(\C#N)C(=O)c2cccc([N+](=O)[O-])c2)c1. The number of non-ortho nitro benzene ring substituents is 1. The van der Waals surface area contributed by atoms with Gasteiger partial charge in [-0.15, -0.1) is 0 Å². The monoisotopic (exact) mass is 333 g/mol. The highest BCUT2D eigenvalue weighted by Crippen LogP contribution is 2.19. The first-order chi connectivity index (χ1) is 12.0. The molecule has 0 aromatic heterocycles. The van der Waals surface area contributed by atoms with Gasteiger partial charge in [0.1, 0.15) is 23.5 Å². The van der Waals surface area contributed by atoms with Crippen LogP contribution in [0.5, 0.6) is 5.75 Å². The van der Waals surface area contributed by atoms with E-state index < -0.39 is 10.7 Å². The molecule has 0 atom stereocenters. The fraction of sp³-hybridized carbons (Fsp3) is 0.0556. The number of nitro groups is 1. The number of nitrogens with zero attached hydrogens (tertiary/aromatic N) is 3. The summed E-state index contributed by atoms with van der Waals surface area (Å²) in [5.74, 6) is -0.190. The second-order valence-corrected chi connectivity index (χ2v) is 4.83. The van der Waals surface area contributed by atoms with E-state index in [0.717, 1.165) is 6.07 Å². The zero-order valence-corrected chi connectivity index (χ0v) is 12.9. The maximum absolute atomic E-state index is 12.4. The number of Topliss-reactive ketones (excluding diaryl/α,β-unsaturated/α-hetero) is 1. The van der Waals surface area contributed by atoms with Crippen LogP contribution in [0.25, 0.3) is 6.08 Å². The molecule has 0 aliphatic heterocycles. The third-order valence-corrected chi connectivity index (χ3v) is 3.16. The summed E-state index contributed by atoms with van der Waals surface area (Å²) in [6.07, 6.45) is 1.36. The molecule has 122 valence electrons. The molecular weight excluding hydrogens is 322 g/mol. The van der Waals surface area contributed by atoms with Crippen molar-refractivity contribution in [2.45, 2.75) is 0 Å². The van der Waals surface area contributed by atoms with E-state index in [4.69, 9.17) is 10.00 Å². The Labute approximate surface area is 143 Å². The molecule has 25 heavy (non-hydrogen) atoms. The molecule has 7 heteroatoms. The molecule has 0 aliphatic carbocycles. The number of carbonyl (C=O) groups excluding carboxylic acids is 1. The Kier molecular flexibility index (Phi) is 5.59. The van der Waals surface area contributed by atoms with E-state index >= 15 is 0 Å². The topological polar surface area (TPSA) is 117 Å². The van der Waals surface area contributed by atoms with Gasteiger partial charge in [0.15, 0.2) is 6.61 Å². The summed E-state index contributed by atoms with van der Waals surface area (Å²) in [4.78, 5) is 22.6. The fourth-order valence-corrected chi connectivity index (χ4v) is 2.04. The van der Waals surface area contributed by atoms with E-state index in [0.29, 0.717) is 11.3 Å². The Morgan fingerprint density at radius 3 is 2.64 bits per heavy atom. The van der Waals surface area contributed by atoms with Crippen molar-refractivity contribution >= 4 is 17.5 Å². The molecule has 0 spiro atoms. The van der Waals surface area contributed by atoms with Crippen LogP contribution >= 0.6 is 0 Å². The van der Waals surface area contributed by atoms with Crippen LogP contribution in [0.3, 0.4) is 0 Å². The Balaban J connectivity index is 2.33. The van der Waals surface area contributed by atoms with E-state index in [-0.39, 0.29) is 23.4 Å². The number of benzene rings is 2. The number of nitro benzene ring substituents is 1. The standard InChI is InChI=1S/C18H11N3O4/c19-7-8-25-17-6-1-3-13(10-17)9-15(12-20)18(22)14-4-2-5-16(11-14)21(23)24/h1-6,9-11H,8H2/b15-9+. The molecule has 0 heterocycles. The molecule has 7 nitrogen and oxygen atoms in total. The van der Waals surface area contributed by atoms with Crippen LogP contribution in [-0.4, -0.2) is 17.3 Å². The summed E-state index contributed by atoms with van der Waals surface area (Å²) in [5.41, 5.74) is 0.192. The van der Waals surface area contributed by atoms with E-state index in [1.165, 1.54) is 24.3 Å². The number of ketones is 1. The summed E-state index contributed by atoms with van der Waals surface area (Å²) >= 11 is 0. The van der Waals surface area contributed by atoms with Crippen molar-refractivity contribution in [2.24, 2.45) is 0 Å². The number of rotatable bonds is 6. The van der Waals surface area contributed by atoms with Gasteiger partial charge in [-0.3, -0.25) is 14.9 Å². The smallest absolute Gasteiger partial charge is 0.270 e. The zero-order chi connectivity index (χ0) is 18.2. The summed E-state index contributed by atoms with van der Waals surface area (Å²) in [7, 11) is 0. The van der Waals surface area contributed by atoms with E-state index in [9.17, 15) is 20.2 Å². The molecule has 0 radical (unpaired) electrons. The number of hydrogen-bond acceptors (Lipinski definition) is 6. The first-order valence-electron chi connectivity index (χ1n) is 7.06. The summed E-state index contributed by atoms with van der Waals surface area (Å²) in [5, 5.41) is 28.6. The lowest BCUT2D eigenvalue weighted by Crippen LogP contribution is -2.03. The van der Waals surface area contributed by atoms with Crippen molar-refractivity contribution in [3.8, 4) is 17.9 Å². The summed E-state index contributed by atoms with van der Waals surface area (Å²) in [6.45, 7) is -0.120. The lowest BCUT2D eigenvalue weighted by Gasteiger charge is -2.03. The maximum atomic E-state index is 12.4. The van der Waals surface area contributed by atoms with E-state index in [2.05, 4.69) is 0 Å². The highest BCUT2D eigenvalue weighted by Gasteiger charge is 2.15. The minimum absolute atomic E-state index is 0.0545. The van der Waals surface area contributed by atoms with Crippen molar-refractivity contribution in [3.05, 3.63) is 75.3 Å². The van der Waals surface area contributed by atoms with Gasteiger partial charge in [0.05, 0.1) is 4.92 Å². The van der Waals surface area contributed by atoms with Gasteiger partial charge in [-0.25, -0.2) is 0 Å². The maximum Gasteiger partial charge on any atom is 0.270 e. The van der Waals surface area contributed by atoms with Gasteiger partial charge in [0.25, 0.3) is 5.69 Å². The first kappa shape index (κ1) is 17.4. The van der Waals surface area contributed by atoms with E-state index in [1.54, 1.807) is 24.3 Å². The van der Waals surface area contributed by atoms with Crippen LogP contribution < -0.4 is 4.74 Å². The summed E-state index contributed by atoms with van der Waals surface area (Å²) in [6, 6.07) is 15.4. The van der Waals surface area contributed by atoms with Gasteiger partial charge in [0.2, 0.25) is 5.78 Å². The lowest BCUT2D eigenvalue weighted by molar-refractivity contribution is -0.384. The quantitative estimate of drug-likeness (QED) is 0.263. The lowest BCUT2D eigenvalue weighted by atomic mass is 10.0. The summed E-state index contributed by atoms with van der Waals surface area (Å²) < 4.78 is 5.17. The molecule has 0 saturated heterocycles. The zero-order valence-electron chi connectivity index (χ0n) is 12.9. The molecule has 0 amide bonds. The molecule has 0 unspecified atom stereocenters. The minimum atomic E-state index is -0.616. The Bertz CT molecular complexity index is 936. The molecule has 0 N–H and O–H groups in total. The second-order valence-electron chi connectivity index (χ2n) is 4.83. The Hall–Kier alpha value is -3.97. The predicted octanol–water partition coefficient (Wildman–Crippen LogP) is 3.29. The van der Waals surface area contributed by atoms with Gasteiger partial charge in [0, 0.05) is 17.7 Å². The third-order valence-electron chi connectivity index (χ3n) is 3.16. The van der Waals surface area contributed by atoms with Crippen LogP contribution in [0.2, 0.25) is 0 Å². The number of nitriles is 2. The Morgan fingerprint density at radius 2 is 1.96 bits per heavy atom. The largest absolute Gasteiger partial charge is 0.479 e. The number of ether oxygens (including phenoxy) is 1. The number of hydrogen-bond donors (Lipinski definition) is 0. The highest BCUT2D eigenvalue weighted by molar-refractivity contribution is 6.14. The van der Waals surface area contributed by atoms with Crippen LogP contribution in [-0.2, 0) is 0 Å². The molecule has 2 aromatic rings. The third kappa shape index (κ3) is 4.50. The molecule has 2 aromatic carbocycles. The van der Waals surface area contributed by atoms with Crippen molar-refractivity contribution in [2.75, 3.05) is 6.61 Å². The highest BCUT2D eigenvalue weighted by atomic mass is 16.6. The average molecular weight is 333 g/mol. The molecular formula is C18H11N3O4. The molecule has 0 saturated carbocycles. The predicted molar refractivity (Wildman–Crippen MR) is 88.6 cm³/mol. The normalized spacial score (nSPS) is 10.4. The second kappa shape index (κ2) is 8.04. The number of allylic oxidation sites excluding steroid dienone is 1. The average Bonchev–Trinajstić information content (AvgIpc) is 2.64. The molecule has 0 fully saturated rings. The van der Waals surface area contributed by atoms with Crippen LogP contribution in [0.1, 0.15) is 15.9 Å². The van der Waals surface area contributed by atoms with Gasteiger partial charge in [-0.2, -0.15) is 10.5 Å². The van der Waals surface area contributed by atoms with Gasteiger partial charge in [-0.1, -0.05) is 24.3 Å². The van der Waals surface area contributed by atoms with Crippen LogP contribution in [0, 0.1) is 32.8 Å².